The fourth-order valence-electron chi connectivity index (χ4n) is 3.12. The second kappa shape index (κ2) is 9.75. The molecule has 0 unspecified atom stereocenters. The van der Waals surface area contributed by atoms with Crippen LogP contribution in [0.15, 0.2) is 47.7 Å². The summed E-state index contributed by atoms with van der Waals surface area (Å²) in [6.07, 6.45) is 4.47. The van der Waals surface area contributed by atoms with Gasteiger partial charge in [0.25, 0.3) is 0 Å². The lowest BCUT2D eigenvalue weighted by Gasteiger charge is -2.36. The monoisotopic (exact) mass is 368 g/mol. The first-order chi connectivity index (χ1) is 13.3. The number of hydrogen-bond donors (Lipinski definition) is 1. The van der Waals surface area contributed by atoms with Crippen molar-refractivity contribution in [2.75, 3.05) is 51.3 Å². The lowest BCUT2D eigenvalue weighted by molar-refractivity contribution is 0.370. The van der Waals surface area contributed by atoms with Crippen LogP contribution in [0.5, 0.6) is 5.75 Å². The van der Waals surface area contributed by atoms with E-state index in [1.54, 1.807) is 19.5 Å². The summed E-state index contributed by atoms with van der Waals surface area (Å²) in [5.74, 6) is 2.67. The number of hydrogen-bond acceptors (Lipinski definition) is 5. The third-order valence-electron chi connectivity index (χ3n) is 4.55. The van der Waals surface area contributed by atoms with Crippen LogP contribution in [0.2, 0.25) is 0 Å². The fourth-order valence-corrected chi connectivity index (χ4v) is 3.12. The molecule has 27 heavy (non-hydrogen) atoms. The molecular formula is C20H28N6O. The summed E-state index contributed by atoms with van der Waals surface area (Å²) in [7, 11) is 1.70. The molecule has 2 heterocycles. The van der Waals surface area contributed by atoms with Gasteiger partial charge in [0.2, 0.25) is 5.95 Å². The smallest absolute Gasteiger partial charge is 0.225 e. The maximum atomic E-state index is 5.29. The van der Waals surface area contributed by atoms with Crippen LogP contribution in [0.1, 0.15) is 12.5 Å². The molecule has 1 aliphatic rings. The zero-order valence-corrected chi connectivity index (χ0v) is 16.1. The van der Waals surface area contributed by atoms with E-state index in [1.807, 2.05) is 18.2 Å². The molecule has 0 radical (unpaired) electrons. The van der Waals surface area contributed by atoms with Crippen LogP contribution in [0.3, 0.4) is 0 Å². The van der Waals surface area contributed by atoms with Gasteiger partial charge in [-0.25, -0.2) is 9.97 Å². The largest absolute Gasteiger partial charge is 0.497 e. The van der Waals surface area contributed by atoms with Crippen molar-refractivity contribution in [3.8, 4) is 5.75 Å². The highest BCUT2D eigenvalue weighted by Gasteiger charge is 2.20. The van der Waals surface area contributed by atoms with Gasteiger partial charge in [-0.05, 0) is 37.1 Å². The molecule has 1 fully saturated rings. The maximum absolute atomic E-state index is 5.29. The number of piperazine rings is 1. The van der Waals surface area contributed by atoms with Gasteiger partial charge in [0.1, 0.15) is 5.75 Å². The summed E-state index contributed by atoms with van der Waals surface area (Å²) in [6, 6.07) is 10.0. The number of methoxy groups -OCH3 is 1. The van der Waals surface area contributed by atoms with Crippen LogP contribution >= 0.6 is 0 Å². The minimum atomic E-state index is 0.748. The molecule has 0 bridgehead atoms. The average Bonchev–Trinajstić information content (AvgIpc) is 2.74. The number of benzene rings is 1. The van der Waals surface area contributed by atoms with Crippen LogP contribution in [0.4, 0.5) is 5.95 Å². The molecule has 1 N–H and O–H groups in total. The highest BCUT2D eigenvalue weighted by molar-refractivity contribution is 5.80. The van der Waals surface area contributed by atoms with E-state index in [4.69, 9.17) is 9.73 Å². The summed E-state index contributed by atoms with van der Waals surface area (Å²) in [6.45, 7) is 7.31. The molecule has 144 valence electrons. The van der Waals surface area contributed by atoms with E-state index >= 15 is 0 Å². The van der Waals surface area contributed by atoms with Gasteiger partial charge in [-0.3, -0.25) is 4.99 Å². The van der Waals surface area contributed by atoms with Crippen molar-refractivity contribution in [3.05, 3.63) is 48.3 Å². The van der Waals surface area contributed by atoms with Crippen LogP contribution in [-0.4, -0.2) is 67.2 Å². The van der Waals surface area contributed by atoms with E-state index in [9.17, 15) is 0 Å². The van der Waals surface area contributed by atoms with Crippen molar-refractivity contribution in [1.82, 2.24) is 20.2 Å². The molecule has 2 aromatic rings. The van der Waals surface area contributed by atoms with E-state index in [2.05, 4.69) is 44.1 Å². The summed E-state index contributed by atoms with van der Waals surface area (Å²) < 4.78 is 5.29. The standard InChI is InChI=1S/C20H28N6O/c1-3-21-19(24-11-8-17-6-4-7-18(16-17)27-2)25-12-14-26(15-13-25)20-22-9-5-10-23-20/h4-7,9-10,16H,3,8,11-15H2,1-2H3,(H,21,24). The normalized spacial score (nSPS) is 15.0. The summed E-state index contributed by atoms with van der Waals surface area (Å²) in [5.41, 5.74) is 1.24. The van der Waals surface area contributed by atoms with Gasteiger partial charge in [-0.15, -0.1) is 0 Å². The molecule has 0 aliphatic carbocycles. The van der Waals surface area contributed by atoms with E-state index in [0.29, 0.717) is 0 Å². The highest BCUT2D eigenvalue weighted by atomic mass is 16.5. The topological polar surface area (TPSA) is 65.9 Å². The Hall–Kier alpha value is -2.83. The first-order valence-corrected chi connectivity index (χ1v) is 9.48. The molecule has 1 saturated heterocycles. The number of ether oxygens (including phenoxy) is 1. The van der Waals surface area contributed by atoms with Gasteiger partial charge in [0.15, 0.2) is 5.96 Å². The zero-order valence-electron chi connectivity index (χ0n) is 16.1. The van der Waals surface area contributed by atoms with Gasteiger partial charge in [-0.1, -0.05) is 12.1 Å². The predicted molar refractivity (Wildman–Crippen MR) is 108 cm³/mol. The Balaban J connectivity index is 1.56. The third-order valence-corrected chi connectivity index (χ3v) is 4.55. The Morgan fingerprint density at radius 2 is 1.93 bits per heavy atom. The van der Waals surface area contributed by atoms with Crippen molar-refractivity contribution >= 4 is 11.9 Å². The first-order valence-electron chi connectivity index (χ1n) is 9.48. The molecule has 1 aliphatic heterocycles. The molecule has 0 saturated carbocycles. The molecule has 0 spiro atoms. The molecule has 0 atom stereocenters. The van der Waals surface area contributed by atoms with Crippen LogP contribution in [0.25, 0.3) is 0 Å². The maximum Gasteiger partial charge on any atom is 0.225 e. The van der Waals surface area contributed by atoms with Crippen molar-refractivity contribution in [2.24, 2.45) is 4.99 Å². The first kappa shape index (κ1) is 18.9. The van der Waals surface area contributed by atoms with E-state index < -0.39 is 0 Å². The van der Waals surface area contributed by atoms with Crippen LogP contribution in [0, 0.1) is 0 Å². The van der Waals surface area contributed by atoms with Crippen molar-refractivity contribution in [3.63, 3.8) is 0 Å². The van der Waals surface area contributed by atoms with Crippen LogP contribution < -0.4 is 15.0 Å². The molecule has 0 amide bonds. The van der Waals surface area contributed by atoms with Crippen LogP contribution in [-0.2, 0) is 6.42 Å². The molecule has 7 nitrogen and oxygen atoms in total. The lowest BCUT2D eigenvalue weighted by Crippen LogP contribution is -2.53. The van der Waals surface area contributed by atoms with Gasteiger partial charge in [-0.2, -0.15) is 0 Å². The predicted octanol–water partition coefficient (Wildman–Crippen LogP) is 1.82. The molecule has 1 aromatic heterocycles. The fraction of sp³-hybridized carbons (Fsp3) is 0.450. The number of nitrogens with zero attached hydrogens (tertiary/aromatic N) is 5. The second-order valence-electron chi connectivity index (χ2n) is 6.36. The molecular weight excluding hydrogens is 340 g/mol. The second-order valence-corrected chi connectivity index (χ2v) is 6.36. The van der Waals surface area contributed by atoms with E-state index in [-0.39, 0.29) is 0 Å². The number of guanidine groups is 1. The van der Waals surface area contributed by atoms with E-state index in [0.717, 1.165) is 63.3 Å². The number of aliphatic imine (C=N–C) groups is 1. The van der Waals surface area contributed by atoms with E-state index in [1.165, 1.54) is 5.56 Å². The van der Waals surface area contributed by atoms with Crippen molar-refractivity contribution < 1.29 is 4.74 Å². The van der Waals surface area contributed by atoms with Crippen molar-refractivity contribution in [1.29, 1.82) is 0 Å². The number of aromatic nitrogens is 2. The Labute approximate surface area is 161 Å². The number of anilines is 1. The van der Waals surface area contributed by atoms with Gasteiger partial charge in [0, 0.05) is 51.7 Å². The zero-order chi connectivity index (χ0) is 18.9. The van der Waals surface area contributed by atoms with Gasteiger partial charge >= 0.3 is 0 Å². The molecule has 7 heteroatoms. The average molecular weight is 368 g/mol. The SMILES string of the molecule is CCNC(=NCCc1cccc(OC)c1)N1CCN(c2ncccn2)CC1. The minimum Gasteiger partial charge on any atom is -0.497 e. The Bertz CT molecular complexity index is 728. The minimum absolute atomic E-state index is 0.748. The number of nitrogens with one attached hydrogen (secondary N) is 1. The lowest BCUT2D eigenvalue weighted by atomic mass is 10.1. The molecule has 1 aromatic carbocycles. The quantitative estimate of drug-likeness (QED) is 0.620. The van der Waals surface area contributed by atoms with Crippen molar-refractivity contribution in [2.45, 2.75) is 13.3 Å². The molecule has 3 rings (SSSR count). The third kappa shape index (κ3) is 5.32. The number of rotatable bonds is 6. The Morgan fingerprint density at radius 1 is 1.15 bits per heavy atom. The Morgan fingerprint density at radius 3 is 2.63 bits per heavy atom. The Kier molecular flexibility index (Phi) is 6.84. The highest BCUT2D eigenvalue weighted by Crippen LogP contribution is 2.13. The van der Waals surface area contributed by atoms with Gasteiger partial charge in [0.05, 0.1) is 7.11 Å². The summed E-state index contributed by atoms with van der Waals surface area (Å²) >= 11 is 0. The summed E-state index contributed by atoms with van der Waals surface area (Å²) in [4.78, 5) is 18.1. The summed E-state index contributed by atoms with van der Waals surface area (Å²) in [5, 5.41) is 3.42. The van der Waals surface area contributed by atoms with Gasteiger partial charge < -0.3 is 19.9 Å².